The molecule has 7 heteroatoms. The first kappa shape index (κ1) is 22.0. The van der Waals surface area contributed by atoms with Crippen LogP contribution in [0.2, 0.25) is 0 Å². The van der Waals surface area contributed by atoms with Gasteiger partial charge in [-0.2, -0.15) is 5.10 Å². The Bertz CT molecular complexity index is 1090. The van der Waals surface area contributed by atoms with E-state index in [1.165, 1.54) is 0 Å². The Morgan fingerprint density at radius 3 is 2.29 bits per heavy atom. The molecule has 3 aromatic rings. The number of amides is 1. The predicted molar refractivity (Wildman–Crippen MR) is 117 cm³/mol. The molecule has 0 atom stereocenters. The van der Waals surface area contributed by atoms with Crippen molar-refractivity contribution in [3.63, 3.8) is 0 Å². The van der Waals surface area contributed by atoms with Crippen molar-refractivity contribution in [2.75, 3.05) is 11.9 Å². The number of esters is 1. The Kier molecular flexibility index (Phi) is 6.97. The topological polar surface area (TPSA) is 90.3 Å². The van der Waals surface area contributed by atoms with Crippen LogP contribution in [0.5, 0.6) is 0 Å². The third-order valence-electron chi connectivity index (χ3n) is 4.85. The minimum Gasteiger partial charge on any atom is -0.456 e. The summed E-state index contributed by atoms with van der Waals surface area (Å²) in [7, 11) is 0. The van der Waals surface area contributed by atoms with Gasteiger partial charge >= 0.3 is 5.97 Å². The van der Waals surface area contributed by atoms with E-state index in [2.05, 4.69) is 10.4 Å². The number of rotatable bonds is 8. The van der Waals surface area contributed by atoms with Crippen molar-refractivity contribution in [2.24, 2.45) is 0 Å². The molecule has 0 spiro atoms. The lowest BCUT2D eigenvalue weighted by Crippen LogP contribution is -2.21. The van der Waals surface area contributed by atoms with Crippen LogP contribution in [-0.4, -0.2) is 34.0 Å². The normalized spacial score (nSPS) is 10.5. The molecular weight excluding hydrogens is 394 g/mol. The van der Waals surface area contributed by atoms with Crippen molar-refractivity contribution in [2.45, 2.75) is 33.6 Å². The zero-order valence-electron chi connectivity index (χ0n) is 17.8. The Balaban J connectivity index is 1.52. The second kappa shape index (κ2) is 9.84. The minimum absolute atomic E-state index is 0.0337. The second-order valence-electron chi connectivity index (χ2n) is 7.29. The molecule has 0 saturated heterocycles. The fourth-order valence-corrected chi connectivity index (χ4v) is 3.14. The van der Waals surface area contributed by atoms with Gasteiger partial charge in [0.15, 0.2) is 12.4 Å². The quantitative estimate of drug-likeness (QED) is 0.441. The molecule has 0 bridgehead atoms. The highest BCUT2D eigenvalue weighted by Crippen LogP contribution is 2.23. The number of nitrogens with one attached hydrogen (secondary N) is 1. The Morgan fingerprint density at radius 2 is 1.61 bits per heavy atom. The number of hydrogen-bond acceptors (Lipinski definition) is 5. The maximum atomic E-state index is 12.3. The molecule has 7 nitrogen and oxygen atoms in total. The van der Waals surface area contributed by atoms with E-state index in [-0.39, 0.29) is 18.6 Å². The molecule has 1 aromatic heterocycles. The van der Waals surface area contributed by atoms with Gasteiger partial charge in [-0.3, -0.25) is 14.4 Å². The lowest BCUT2D eigenvalue weighted by atomic mass is 10.1. The standard InChI is InChI=1S/C24H25N3O4/c1-16-9-11-20(12-10-16)27-18(3)24(17(2)26-27)25-22(29)15-31-23(30)14-13-21(28)19-7-5-4-6-8-19/h4-12H,13-15H2,1-3H3,(H,25,29). The number of carbonyl (C=O) groups excluding carboxylic acids is 3. The highest BCUT2D eigenvalue weighted by atomic mass is 16.5. The van der Waals surface area contributed by atoms with Gasteiger partial charge in [-0.25, -0.2) is 4.68 Å². The van der Waals surface area contributed by atoms with Gasteiger partial charge in [-0.05, 0) is 32.9 Å². The van der Waals surface area contributed by atoms with E-state index in [0.717, 1.165) is 16.9 Å². The summed E-state index contributed by atoms with van der Waals surface area (Å²) in [6.45, 7) is 5.24. The van der Waals surface area contributed by atoms with Crippen LogP contribution >= 0.6 is 0 Å². The summed E-state index contributed by atoms with van der Waals surface area (Å²) >= 11 is 0. The molecule has 1 heterocycles. The average molecular weight is 419 g/mol. The number of benzene rings is 2. The Labute approximate surface area is 181 Å². The van der Waals surface area contributed by atoms with Gasteiger partial charge in [0, 0.05) is 12.0 Å². The Hall–Kier alpha value is -3.74. The van der Waals surface area contributed by atoms with E-state index in [1.807, 2.05) is 44.2 Å². The van der Waals surface area contributed by atoms with Crippen molar-refractivity contribution < 1.29 is 19.1 Å². The molecule has 31 heavy (non-hydrogen) atoms. The second-order valence-corrected chi connectivity index (χ2v) is 7.29. The molecule has 0 saturated carbocycles. The summed E-state index contributed by atoms with van der Waals surface area (Å²) < 4.78 is 6.77. The summed E-state index contributed by atoms with van der Waals surface area (Å²) in [4.78, 5) is 36.2. The van der Waals surface area contributed by atoms with Gasteiger partial charge in [-0.1, -0.05) is 48.0 Å². The minimum atomic E-state index is -0.594. The fraction of sp³-hybridized carbons (Fsp3) is 0.250. The molecular formula is C24H25N3O4. The summed E-state index contributed by atoms with van der Waals surface area (Å²) in [6, 6.07) is 16.6. The molecule has 0 aliphatic rings. The lowest BCUT2D eigenvalue weighted by Gasteiger charge is -2.08. The maximum Gasteiger partial charge on any atom is 0.306 e. The third-order valence-corrected chi connectivity index (χ3v) is 4.85. The number of aryl methyl sites for hydroxylation is 2. The molecule has 1 N–H and O–H groups in total. The van der Waals surface area contributed by atoms with Gasteiger partial charge in [0.05, 0.1) is 29.2 Å². The SMILES string of the molecule is Cc1ccc(-n2nc(C)c(NC(=O)COC(=O)CCC(=O)c3ccccc3)c2C)cc1. The predicted octanol–water partition coefficient (Wildman–Crippen LogP) is 3.94. The van der Waals surface area contributed by atoms with Crippen molar-refractivity contribution in [3.05, 3.63) is 77.1 Å². The van der Waals surface area contributed by atoms with E-state index in [9.17, 15) is 14.4 Å². The zero-order chi connectivity index (χ0) is 22.4. The van der Waals surface area contributed by atoms with Gasteiger partial charge in [0.2, 0.25) is 0 Å². The summed E-state index contributed by atoms with van der Waals surface area (Å²) in [5, 5.41) is 7.25. The number of nitrogens with zero attached hydrogens (tertiary/aromatic N) is 2. The van der Waals surface area contributed by atoms with E-state index in [4.69, 9.17) is 4.74 Å². The number of carbonyl (C=O) groups is 3. The zero-order valence-corrected chi connectivity index (χ0v) is 17.8. The van der Waals surface area contributed by atoms with E-state index in [1.54, 1.807) is 35.9 Å². The van der Waals surface area contributed by atoms with Crippen molar-refractivity contribution in [1.82, 2.24) is 9.78 Å². The van der Waals surface area contributed by atoms with Gasteiger partial charge in [0.1, 0.15) is 0 Å². The molecule has 2 aromatic carbocycles. The van der Waals surface area contributed by atoms with Crippen LogP contribution in [-0.2, 0) is 14.3 Å². The third kappa shape index (κ3) is 5.66. The number of hydrogen-bond donors (Lipinski definition) is 1. The number of ketones is 1. The van der Waals surface area contributed by atoms with Crippen LogP contribution in [0.3, 0.4) is 0 Å². The van der Waals surface area contributed by atoms with Crippen LogP contribution in [0.4, 0.5) is 5.69 Å². The summed E-state index contributed by atoms with van der Waals surface area (Å²) in [5.41, 5.74) is 4.60. The van der Waals surface area contributed by atoms with Crippen LogP contribution in [0, 0.1) is 20.8 Å². The van der Waals surface area contributed by atoms with E-state index < -0.39 is 18.5 Å². The van der Waals surface area contributed by atoms with Crippen LogP contribution in [0.15, 0.2) is 54.6 Å². The molecule has 3 rings (SSSR count). The first-order chi connectivity index (χ1) is 14.8. The van der Waals surface area contributed by atoms with Crippen LogP contribution in [0.1, 0.15) is 40.2 Å². The number of Topliss-reactive ketones (excluding diaryl/α,β-unsaturated/α-hetero) is 1. The average Bonchev–Trinajstić information content (AvgIpc) is 3.05. The number of ether oxygens (including phenoxy) is 1. The van der Waals surface area contributed by atoms with Crippen molar-refractivity contribution >= 4 is 23.3 Å². The van der Waals surface area contributed by atoms with E-state index >= 15 is 0 Å². The molecule has 0 aliphatic heterocycles. The molecule has 1 amide bonds. The maximum absolute atomic E-state index is 12.3. The highest BCUT2D eigenvalue weighted by Gasteiger charge is 2.17. The van der Waals surface area contributed by atoms with Gasteiger partial charge in [-0.15, -0.1) is 0 Å². The molecule has 160 valence electrons. The highest BCUT2D eigenvalue weighted by molar-refractivity contribution is 5.98. The largest absolute Gasteiger partial charge is 0.456 e. The lowest BCUT2D eigenvalue weighted by molar-refractivity contribution is -0.147. The molecule has 0 fully saturated rings. The summed E-state index contributed by atoms with van der Waals surface area (Å²) in [5.74, 6) is -1.20. The summed E-state index contributed by atoms with van der Waals surface area (Å²) in [6.07, 6.45) is -0.0452. The fourth-order valence-electron chi connectivity index (χ4n) is 3.14. The Morgan fingerprint density at radius 1 is 0.935 bits per heavy atom. The number of aromatic nitrogens is 2. The van der Waals surface area contributed by atoms with Crippen LogP contribution < -0.4 is 5.32 Å². The van der Waals surface area contributed by atoms with Gasteiger partial charge < -0.3 is 10.1 Å². The van der Waals surface area contributed by atoms with E-state index in [0.29, 0.717) is 16.9 Å². The molecule has 0 aliphatic carbocycles. The monoisotopic (exact) mass is 419 g/mol. The van der Waals surface area contributed by atoms with Crippen LogP contribution in [0.25, 0.3) is 5.69 Å². The molecule has 0 radical (unpaired) electrons. The molecule has 0 unspecified atom stereocenters. The van der Waals surface area contributed by atoms with Crippen molar-refractivity contribution in [1.29, 1.82) is 0 Å². The van der Waals surface area contributed by atoms with Crippen molar-refractivity contribution in [3.8, 4) is 5.69 Å². The first-order valence-electron chi connectivity index (χ1n) is 10.0. The first-order valence-corrected chi connectivity index (χ1v) is 10.0. The number of anilines is 1. The van der Waals surface area contributed by atoms with Gasteiger partial charge in [0.25, 0.3) is 5.91 Å². The smallest absolute Gasteiger partial charge is 0.306 e.